The number of thiocarbonyl (C=S) groups is 1. The number of thiazole rings is 1. The van der Waals surface area contributed by atoms with Gasteiger partial charge >= 0.3 is 0 Å². The number of aromatic nitrogens is 1. The number of carbonyl (C=O) groups excluding carboxylic acids is 1. The maximum absolute atomic E-state index is 12.4. The number of fused-ring (bicyclic) bond motifs is 1. The summed E-state index contributed by atoms with van der Waals surface area (Å²) in [7, 11) is 0. The van der Waals surface area contributed by atoms with Crippen molar-refractivity contribution in [3.63, 3.8) is 0 Å². The summed E-state index contributed by atoms with van der Waals surface area (Å²) in [4.78, 5) is 17.0. The third kappa shape index (κ3) is 4.82. The fraction of sp³-hybridized carbons (Fsp3) is 0.0870. The lowest BCUT2D eigenvalue weighted by Gasteiger charge is -2.11. The SMILES string of the molecule is CCOc1ccc(C(=O)NC(=S)Nc2ccc(O)c(-c3nc4ccccc4s3)c2)cc1. The van der Waals surface area contributed by atoms with E-state index in [2.05, 4.69) is 15.6 Å². The Hall–Kier alpha value is -3.49. The number of anilines is 1. The van der Waals surface area contributed by atoms with E-state index in [4.69, 9.17) is 17.0 Å². The molecule has 0 saturated heterocycles. The third-order valence-electron chi connectivity index (χ3n) is 4.43. The highest BCUT2D eigenvalue weighted by Crippen LogP contribution is 2.36. The van der Waals surface area contributed by atoms with Crippen LogP contribution in [0.25, 0.3) is 20.8 Å². The zero-order valence-electron chi connectivity index (χ0n) is 16.6. The molecule has 0 radical (unpaired) electrons. The predicted octanol–water partition coefficient (Wildman–Crippen LogP) is 5.19. The first kappa shape index (κ1) is 20.8. The van der Waals surface area contributed by atoms with Gasteiger partial charge in [-0.1, -0.05) is 12.1 Å². The van der Waals surface area contributed by atoms with Gasteiger partial charge in [0.25, 0.3) is 5.91 Å². The number of phenols is 1. The molecule has 8 heteroatoms. The zero-order chi connectivity index (χ0) is 21.8. The maximum Gasteiger partial charge on any atom is 0.257 e. The second kappa shape index (κ2) is 9.11. The normalized spacial score (nSPS) is 10.6. The minimum atomic E-state index is -0.328. The molecule has 0 saturated carbocycles. The zero-order valence-corrected chi connectivity index (χ0v) is 18.2. The van der Waals surface area contributed by atoms with Crippen molar-refractivity contribution in [2.24, 2.45) is 0 Å². The maximum atomic E-state index is 12.4. The fourth-order valence-electron chi connectivity index (χ4n) is 2.98. The number of hydrogen-bond acceptors (Lipinski definition) is 6. The number of rotatable bonds is 5. The van der Waals surface area contributed by atoms with E-state index in [9.17, 15) is 9.90 Å². The molecule has 6 nitrogen and oxygen atoms in total. The van der Waals surface area contributed by atoms with Gasteiger partial charge in [0, 0.05) is 11.3 Å². The van der Waals surface area contributed by atoms with Gasteiger partial charge in [-0.05, 0) is 73.7 Å². The summed E-state index contributed by atoms with van der Waals surface area (Å²) in [5.74, 6) is 0.492. The molecule has 0 atom stereocenters. The summed E-state index contributed by atoms with van der Waals surface area (Å²) in [5.41, 5.74) is 2.56. The van der Waals surface area contributed by atoms with E-state index in [1.165, 1.54) is 11.3 Å². The first-order valence-electron chi connectivity index (χ1n) is 9.57. The van der Waals surface area contributed by atoms with Crippen LogP contribution in [0.4, 0.5) is 5.69 Å². The van der Waals surface area contributed by atoms with Crippen LogP contribution in [0, 0.1) is 0 Å². The van der Waals surface area contributed by atoms with Crippen LogP contribution in [0.15, 0.2) is 66.7 Å². The Balaban J connectivity index is 1.47. The minimum absolute atomic E-state index is 0.119. The van der Waals surface area contributed by atoms with E-state index >= 15 is 0 Å². The van der Waals surface area contributed by atoms with Crippen LogP contribution in [0.1, 0.15) is 17.3 Å². The number of para-hydroxylation sites is 1. The highest BCUT2D eigenvalue weighted by molar-refractivity contribution is 7.80. The standard InChI is InChI=1S/C23H19N3O3S2/c1-2-29-16-10-7-14(8-11-16)21(28)26-23(30)24-15-9-12-19(27)17(13-15)22-25-18-5-3-4-6-20(18)31-22/h3-13,27H,2H2,1H3,(H2,24,26,28,30). The van der Waals surface area contributed by atoms with Gasteiger partial charge in [0.15, 0.2) is 5.11 Å². The van der Waals surface area contributed by atoms with Crippen LogP contribution in [0.3, 0.4) is 0 Å². The Labute approximate surface area is 188 Å². The number of nitrogens with one attached hydrogen (secondary N) is 2. The number of hydrogen-bond donors (Lipinski definition) is 3. The molecule has 3 aromatic carbocycles. The van der Waals surface area contributed by atoms with Gasteiger partial charge in [0.05, 0.1) is 22.4 Å². The van der Waals surface area contributed by atoms with Crippen molar-refractivity contribution in [3.8, 4) is 22.1 Å². The number of carbonyl (C=O) groups is 1. The number of phenolic OH excluding ortho intramolecular Hbond substituents is 1. The van der Waals surface area contributed by atoms with Gasteiger partial charge in [-0.2, -0.15) is 0 Å². The summed E-state index contributed by atoms with van der Waals surface area (Å²) in [6.45, 7) is 2.46. The molecule has 4 rings (SSSR count). The first-order valence-corrected chi connectivity index (χ1v) is 10.8. The van der Waals surface area contributed by atoms with Crippen LogP contribution >= 0.6 is 23.6 Å². The molecule has 0 fully saturated rings. The van der Waals surface area contributed by atoms with Crippen LogP contribution in [0.2, 0.25) is 0 Å². The first-order chi connectivity index (χ1) is 15.0. The van der Waals surface area contributed by atoms with Gasteiger partial charge < -0.3 is 15.2 Å². The molecule has 0 aliphatic rings. The number of ether oxygens (including phenoxy) is 1. The van der Waals surface area contributed by atoms with E-state index in [0.717, 1.165) is 10.2 Å². The van der Waals surface area contributed by atoms with Gasteiger partial charge in [-0.15, -0.1) is 11.3 Å². The number of benzene rings is 3. The predicted molar refractivity (Wildman–Crippen MR) is 128 cm³/mol. The Bertz CT molecular complexity index is 1220. The van der Waals surface area contributed by atoms with E-state index < -0.39 is 0 Å². The largest absolute Gasteiger partial charge is 0.507 e. The summed E-state index contributed by atoms with van der Waals surface area (Å²) in [6.07, 6.45) is 0. The van der Waals surface area contributed by atoms with Crippen molar-refractivity contribution in [2.75, 3.05) is 11.9 Å². The molecule has 3 N–H and O–H groups in total. The summed E-state index contributed by atoms with van der Waals surface area (Å²) in [6, 6.07) is 19.6. The molecule has 0 spiro atoms. The lowest BCUT2D eigenvalue weighted by molar-refractivity contribution is 0.0977. The fourth-order valence-corrected chi connectivity index (χ4v) is 4.18. The molecule has 4 aromatic rings. The van der Waals surface area contributed by atoms with Crippen molar-refractivity contribution >= 4 is 50.5 Å². The van der Waals surface area contributed by atoms with Gasteiger partial charge in [-0.25, -0.2) is 4.98 Å². The summed E-state index contributed by atoms with van der Waals surface area (Å²) < 4.78 is 6.42. The van der Waals surface area contributed by atoms with Crippen LogP contribution in [-0.4, -0.2) is 27.7 Å². The molecule has 156 valence electrons. The Morgan fingerprint density at radius 2 is 1.90 bits per heavy atom. The topological polar surface area (TPSA) is 83.5 Å². The van der Waals surface area contributed by atoms with Crippen molar-refractivity contribution in [2.45, 2.75) is 6.92 Å². The van der Waals surface area contributed by atoms with Crippen LogP contribution in [-0.2, 0) is 0 Å². The lowest BCUT2D eigenvalue weighted by atomic mass is 10.2. The number of aromatic hydroxyl groups is 1. The molecular formula is C23H19N3O3S2. The molecule has 0 aliphatic carbocycles. The molecule has 1 heterocycles. The molecule has 1 amide bonds. The average Bonchev–Trinajstić information content (AvgIpc) is 3.20. The van der Waals surface area contributed by atoms with Crippen molar-refractivity contribution in [1.29, 1.82) is 0 Å². The average molecular weight is 450 g/mol. The number of nitrogens with zero attached hydrogens (tertiary/aromatic N) is 1. The monoisotopic (exact) mass is 449 g/mol. The molecule has 0 bridgehead atoms. The molecule has 0 aliphatic heterocycles. The Morgan fingerprint density at radius 1 is 1.13 bits per heavy atom. The smallest absolute Gasteiger partial charge is 0.257 e. The Kier molecular flexibility index (Phi) is 6.11. The highest BCUT2D eigenvalue weighted by atomic mass is 32.1. The van der Waals surface area contributed by atoms with Gasteiger partial charge in [-0.3, -0.25) is 10.1 Å². The second-order valence-electron chi connectivity index (χ2n) is 6.58. The second-order valence-corrected chi connectivity index (χ2v) is 8.02. The van der Waals surface area contributed by atoms with E-state index in [1.807, 2.05) is 31.2 Å². The third-order valence-corrected chi connectivity index (χ3v) is 5.71. The van der Waals surface area contributed by atoms with Crippen molar-refractivity contribution in [3.05, 3.63) is 72.3 Å². The quantitative estimate of drug-likeness (QED) is 0.287. The summed E-state index contributed by atoms with van der Waals surface area (Å²) in [5, 5.41) is 16.8. The summed E-state index contributed by atoms with van der Waals surface area (Å²) >= 11 is 6.77. The van der Waals surface area contributed by atoms with Gasteiger partial charge in [0.2, 0.25) is 0 Å². The molecule has 31 heavy (non-hydrogen) atoms. The van der Waals surface area contributed by atoms with E-state index in [-0.39, 0.29) is 16.8 Å². The highest BCUT2D eigenvalue weighted by Gasteiger charge is 2.13. The van der Waals surface area contributed by atoms with E-state index in [0.29, 0.717) is 34.2 Å². The van der Waals surface area contributed by atoms with Crippen LogP contribution in [0.5, 0.6) is 11.5 Å². The van der Waals surface area contributed by atoms with Crippen molar-refractivity contribution < 1.29 is 14.6 Å². The number of amides is 1. The van der Waals surface area contributed by atoms with Crippen LogP contribution < -0.4 is 15.4 Å². The Morgan fingerprint density at radius 3 is 2.65 bits per heavy atom. The van der Waals surface area contributed by atoms with Gasteiger partial charge in [0.1, 0.15) is 16.5 Å². The molecule has 0 unspecified atom stereocenters. The minimum Gasteiger partial charge on any atom is -0.507 e. The molecular weight excluding hydrogens is 430 g/mol. The van der Waals surface area contributed by atoms with Crippen molar-refractivity contribution in [1.82, 2.24) is 10.3 Å². The lowest BCUT2D eigenvalue weighted by Crippen LogP contribution is -2.34. The van der Waals surface area contributed by atoms with E-state index in [1.54, 1.807) is 42.5 Å². The molecule has 1 aromatic heterocycles.